The standard InChI is InChI=1S/C15H27N3/c1-3-8-18-11-6-15(7-12-18)16-13-14-4-9-17(2)10-5-14/h1,14-16H,4-13H2,2H3. The highest BCUT2D eigenvalue weighted by Gasteiger charge is 2.21. The van der Waals surface area contributed by atoms with Gasteiger partial charge in [0.25, 0.3) is 0 Å². The summed E-state index contributed by atoms with van der Waals surface area (Å²) in [6.45, 7) is 6.90. The quantitative estimate of drug-likeness (QED) is 0.750. The van der Waals surface area contributed by atoms with E-state index in [0.29, 0.717) is 0 Å². The molecule has 1 N–H and O–H groups in total. The Morgan fingerprint density at radius 3 is 2.39 bits per heavy atom. The van der Waals surface area contributed by atoms with Crippen LogP contribution in [-0.2, 0) is 0 Å². The van der Waals surface area contributed by atoms with Crippen LogP contribution < -0.4 is 5.32 Å². The zero-order valence-electron chi connectivity index (χ0n) is 11.7. The van der Waals surface area contributed by atoms with E-state index in [1.165, 1.54) is 45.3 Å². The fourth-order valence-corrected chi connectivity index (χ4v) is 3.02. The van der Waals surface area contributed by atoms with Gasteiger partial charge in [-0.3, -0.25) is 4.90 Å². The summed E-state index contributed by atoms with van der Waals surface area (Å²) in [6.07, 6.45) is 10.6. The highest BCUT2D eigenvalue weighted by molar-refractivity contribution is 4.90. The first kappa shape index (κ1) is 13.9. The summed E-state index contributed by atoms with van der Waals surface area (Å²) < 4.78 is 0. The van der Waals surface area contributed by atoms with Crippen LogP contribution in [0.2, 0.25) is 0 Å². The maximum atomic E-state index is 5.35. The zero-order valence-corrected chi connectivity index (χ0v) is 11.7. The van der Waals surface area contributed by atoms with Gasteiger partial charge in [0.05, 0.1) is 6.54 Å². The number of nitrogens with one attached hydrogen (secondary N) is 1. The second-order valence-electron chi connectivity index (χ2n) is 5.91. The van der Waals surface area contributed by atoms with Crippen molar-refractivity contribution < 1.29 is 0 Å². The number of nitrogens with zero attached hydrogens (tertiary/aromatic N) is 2. The van der Waals surface area contributed by atoms with Gasteiger partial charge in [0.2, 0.25) is 0 Å². The van der Waals surface area contributed by atoms with Crippen molar-refractivity contribution in [2.24, 2.45) is 5.92 Å². The van der Waals surface area contributed by atoms with Crippen LogP contribution in [0.5, 0.6) is 0 Å². The minimum Gasteiger partial charge on any atom is -0.314 e. The van der Waals surface area contributed by atoms with Gasteiger partial charge in [-0.2, -0.15) is 0 Å². The lowest BCUT2D eigenvalue weighted by Gasteiger charge is -2.34. The third-order valence-electron chi connectivity index (χ3n) is 4.44. The molecule has 0 saturated carbocycles. The molecule has 2 aliphatic rings. The first-order valence-corrected chi connectivity index (χ1v) is 7.35. The summed E-state index contributed by atoms with van der Waals surface area (Å²) in [5.74, 6) is 3.63. The maximum absolute atomic E-state index is 5.35. The van der Waals surface area contributed by atoms with Gasteiger partial charge >= 0.3 is 0 Å². The van der Waals surface area contributed by atoms with Crippen LogP contribution in [-0.4, -0.2) is 62.2 Å². The third kappa shape index (κ3) is 4.28. The molecule has 0 aromatic heterocycles. The van der Waals surface area contributed by atoms with Gasteiger partial charge < -0.3 is 10.2 Å². The number of piperidine rings is 2. The van der Waals surface area contributed by atoms with E-state index in [2.05, 4.69) is 28.1 Å². The molecule has 0 bridgehead atoms. The molecule has 2 saturated heterocycles. The fraction of sp³-hybridized carbons (Fsp3) is 0.867. The lowest BCUT2D eigenvalue weighted by Crippen LogP contribution is -2.45. The number of terminal acetylenes is 1. The molecule has 3 heteroatoms. The van der Waals surface area contributed by atoms with E-state index >= 15 is 0 Å². The Kier molecular flexibility index (Phi) is 5.49. The van der Waals surface area contributed by atoms with Crippen LogP contribution in [0.3, 0.4) is 0 Å². The topological polar surface area (TPSA) is 18.5 Å². The fourth-order valence-electron chi connectivity index (χ4n) is 3.02. The third-order valence-corrected chi connectivity index (χ3v) is 4.44. The van der Waals surface area contributed by atoms with Crippen molar-refractivity contribution in [3.63, 3.8) is 0 Å². The molecule has 2 aliphatic heterocycles. The molecule has 0 aromatic rings. The molecule has 0 aliphatic carbocycles. The SMILES string of the molecule is C#CCN1CCC(NCC2CCN(C)CC2)CC1. The smallest absolute Gasteiger partial charge is 0.0598 e. The molecule has 18 heavy (non-hydrogen) atoms. The van der Waals surface area contributed by atoms with Gasteiger partial charge in [-0.15, -0.1) is 6.42 Å². The zero-order chi connectivity index (χ0) is 12.8. The molecular weight excluding hydrogens is 222 g/mol. The number of rotatable bonds is 4. The molecule has 0 unspecified atom stereocenters. The average Bonchev–Trinajstić information content (AvgIpc) is 2.40. The Bertz CT molecular complexity index is 268. The first-order valence-electron chi connectivity index (χ1n) is 7.35. The predicted molar refractivity (Wildman–Crippen MR) is 76.5 cm³/mol. The molecule has 3 nitrogen and oxygen atoms in total. The van der Waals surface area contributed by atoms with Crippen molar-refractivity contribution in [2.45, 2.75) is 31.7 Å². The highest BCUT2D eigenvalue weighted by atomic mass is 15.1. The van der Waals surface area contributed by atoms with Crippen LogP contribution in [0.15, 0.2) is 0 Å². The summed E-state index contributed by atoms with van der Waals surface area (Å²) in [4.78, 5) is 4.82. The van der Waals surface area contributed by atoms with Crippen molar-refractivity contribution >= 4 is 0 Å². The minimum atomic E-state index is 0.721. The summed E-state index contributed by atoms with van der Waals surface area (Å²) in [5.41, 5.74) is 0. The summed E-state index contributed by atoms with van der Waals surface area (Å²) in [5, 5.41) is 3.77. The summed E-state index contributed by atoms with van der Waals surface area (Å²) in [7, 11) is 2.23. The van der Waals surface area contributed by atoms with Crippen LogP contribution in [0.25, 0.3) is 0 Å². The predicted octanol–water partition coefficient (Wildman–Crippen LogP) is 1.02. The van der Waals surface area contributed by atoms with Crippen LogP contribution in [0, 0.1) is 18.3 Å². The van der Waals surface area contributed by atoms with Gasteiger partial charge in [0.15, 0.2) is 0 Å². The number of hydrogen-bond acceptors (Lipinski definition) is 3. The Morgan fingerprint density at radius 2 is 1.78 bits per heavy atom. The second-order valence-corrected chi connectivity index (χ2v) is 5.91. The summed E-state index contributed by atoms with van der Waals surface area (Å²) in [6, 6.07) is 0.721. The monoisotopic (exact) mass is 249 g/mol. The Morgan fingerprint density at radius 1 is 1.11 bits per heavy atom. The molecular formula is C15H27N3. The van der Waals surface area contributed by atoms with E-state index in [1.54, 1.807) is 0 Å². The van der Waals surface area contributed by atoms with E-state index in [9.17, 15) is 0 Å². The maximum Gasteiger partial charge on any atom is 0.0598 e. The highest BCUT2D eigenvalue weighted by Crippen LogP contribution is 2.16. The molecule has 0 aromatic carbocycles. The molecule has 102 valence electrons. The lowest BCUT2D eigenvalue weighted by molar-refractivity contribution is 0.189. The molecule has 0 atom stereocenters. The molecule has 0 radical (unpaired) electrons. The largest absolute Gasteiger partial charge is 0.314 e. The molecule has 0 spiro atoms. The minimum absolute atomic E-state index is 0.721. The first-order chi connectivity index (χ1) is 8.78. The van der Waals surface area contributed by atoms with Crippen LogP contribution >= 0.6 is 0 Å². The second kappa shape index (κ2) is 7.13. The van der Waals surface area contributed by atoms with Gasteiger partial charge in [-0.05, 0) is 58.3 Å². The van der Waals surface area contributed by atoms with Crippen molar-refractivity contribution in [2.75, 3.05) is 46.3 Å². The number of hydrogen-bond donors (Lipinski definition) is 1. The number of likely N-dealkylation sites (tertiary alicyclic amines) is 2. The van der Waals surface area contributed by atoms with Gasteiger partial charge in [-0.25, -0.2) is 0 Å². The van der Waals surface area contributed by atoms with Crippen molar-refractivity contribution in [1.29, 1.82) is 0 Å². The van der Waals surface area contributed by atoms with Crippen molar-refractivity contribution in [1.82, 2.24) is 15.1 Å². The van der Waals surface area contributed by atoms with E-state index in [0.717, 1.165) is 31.6 Å². The molecule has 2 rings (SSSR count). The Hall–Kier alpha value is -0.560. The Balaban J connectivity index is 1.59. The van der Waals surface area contributed by atoms with Crippen molar-refractivity contribution in [3.05, 3.63) is 0 Å². The van der Waals surface area contributed by atoms with E-state index < -0.39 is 0 Å². The van der Waals surface area contributed by atoms with Gasteiger partial charge in [-0.1, -0.05) is 5.92 Å². The van der Waals surface area contributed by atoms with E-state index in [1.807, 2.05) is 0 Å². The molecule has 2 fully saturated rings. The van der Waals surface area contributed by atoms with Crippen LogP contribution in [0.4, 0.5) is 0 Å². The Labute approximate surface area is 112 Å². The average molecular weight is 249 g/mol. The molecule has 2 heterocycles. The van der Waals surface area contributed by atoms with Crippen LogP contribution in [0.1, 0.15) is 25.7 Å². The lowest BCUT2D eigenvalue weighted by atomic mass is 9.96. The van der Waals surface area contributed by atoms with Crippen molar-refractivity contribution in [3.8, 4) is 12.3 Å². The normalized spacial score (nSPS) is 25.1. The summed E-state index contributed by atoms with van der Waals surface area (Å²) >= 11 is 0. The van der Waals surface area contributed by atoms with Gasteiger partial charge in [0, 0.05) is 19.1 Å². The van der Waals surface area contributed by atoms with Gasteiger partial charge in [0.1, 0.15) is 0 Å². The molecule has 0 amide bonds. The van der Waals surface area contributed by atoms with E-state index in [4.69, 9.17) is 6.42 Å². The van der Waals surface area contributed by atoms with E-state index in [-0.39, 0.29) is 0 Å².